The molecule has 1 saturated carbocycles. The van der Waals surface area contributed by atoms with E-state index < -0.39 is 5.41 Å². The van der Waals surface area contributed by atoms with Crippen LogP contribution in [0, 0.1) is 19.3 Å². The average molecular weight is 364 g/mol. The minimum atomic E-state index is -0.968. The molecular formula is C23H28N2O2. The van der Waals surface area contributed by atoms with Crippen molar-refractivity contribution >= 4 is 23.2 Å². The molecule has 2 N–H and O–H groups in total. The van der Waals surface area contributed by atoms with Gasteiger partial charge in [-0.2, -0.15) is 0 Å². The van der Waals surface area contributed by atoms with Crippen LogP contribution in [0.2, 0.25) is 0 Å². The van der Waals surface area contributed by atoms with E-state index in [-0.39, 0.29) is 17.2 Å². The molecule has 0 aromatic heterocycles. The topological polar surface area (TPSA) is 58.2 Å². The quantitative estimate of drug-likeness (QED) is 0.754. The number of rotatable bonds is 4. The molecule has 2 aromatic carbocycles. The Hall–Kier alpha value is -2.62. The maximum Gasteiger partial charge on any atom is 0.240 e. The molecule has 142 valence electrons. The van der Waals surface area contributed by atoms with Gasteiger partial charge in [-0.1, -0.05) is 45.0 Å². The van der Waals surface area contributed by atoms with E-state index in [1.165, 1.54) is 5.56 Å². The molecule has 0 spiro atoms. The van der Waals surface area contributed by atoms with Crippen molar-refractivity contribution in [3.05, 3.63) is 59.2 Å². The Bertz CT molecular complexity index is 889. The highest BCUT2D eigenvalue weighted by molar-refractivity contribution is 6.17. The Labute approximate surface area is 161 Å². The number of para-hydroxylation sites is 1. The minimum Gasteiger partial charge on any atom is -0.325 e. The van der Waals surface area contributed by atoms with Gasteiger partial charge in [0.2, 0.25) is 11.8 Å². The fraction of sp³-hybridized carbons (Fsp3) is 0.391. The first-order valence-electron chi connectivity index (χ1n) is 9.43. The summed E-state index contributed by atoms with van der Waals surface area (Å²) >= 11 is 0. The van der Waals surface area contributed by atoms with E-state index in [0.29, 0.717) is 12.8 Å². The molecule has 0 bridgehead atoms. The van der Waals surface area contributed by atoms with Gasteiger partial charge in [0.25, 0.3) is 0 Å². The van der Waals surface area contributed by atoms with Crippen molar-refractivity contribution in [2.45, 2.75) is 52.9 Å². The van der Waals surface area contributed by atoms with Crippen molar-refractivity contribution in [3.63, 3.8) is 0 Å². The van der Waals surface area contributed by atoms with Gasteiger partial charge in [-0.05, 0) is 67.0 Å². The Balaban J connectivity index is 1.77. The smallest absolute Gasteiger partial charge is 0.240 e. The first-order chi connectivity index (χ1) is 12.6. The van der Waals surface area contributed by atoms with Crippen LogP contribution in [0.15, 0.2) is 42.5 Å². The van der Waals surface area contributed by atoms with Crippen LogP contribution in [0.4, 0.5) is 11.4 Å². The van der Waals surface area contributed by atoms with E-state index in [9.17, 15) is 9.59 Å². The molecule has 4 heteroatoms. The van der Waals surface area contributed by atoms with Crippen molar-refractivity contribution in [2.75, 3.05) is 10.6 Å². The highest BCUT2D eigenvalue weighted by Gasteiger charge is 2.56. The second-order valence-electron chi connectivity index (χ2n) is 8.58. The summed E-state index contributed by atoms with van der Waals surface area (Å²) in [6.45, 7) is 10.4. The lowest BCUT2D eigenvalue weighted by Gasteiger charge is -2.24. The lowest BCUT2D eigenvalue weighted by molar-refractivity contribution is -0.131. The molecule has 27 heavy (non-hydrogen) atoms. The van der Waals surface area contributed by atoms with Gasteiger partial charge in [0.1, 0.15) is 5.41 Å². The van der Waals surface area contributed by atoms with Crippen LogP contribution >= 0.6 is 0 Å². The van der Waals surface area contributed by atoms with Crippen LogP contribution in [0.1, 0.15) is 50.3 Å². The maximum atomic E-state index is 13.0. The summed E-state index contributed by atoms with van der Waals surface area (Å²) in [6.07, 6.45) is 1.15. The zero-order valence-electron chi connectivity index (χ0n) is 16.8. The monoisotopic (exact) mass is 364 g/mol. The van der Waals surface area contributed by atoms with Gasteiger partial charge in [0.05, 0.1) is 0 Å². The van der Waals surface area contributed by atoms with E-state index in [1.54, 1.807) is 0 Å². The zero-order valence-corrected chi connectivity index (χ0v) is 16.8. The summed E-state index contributed by atoms with van der Waals surface area (Å²) in [5.74, 6) is -0.447. The normalized spacial score (nSPS) is 15.1. The molecular weight excluding hydrogens is 336 g/mol. The first-order valence-corrected chi connectivity index (χ1v) is 9.43. The Morgan fingerprint density at radius 1 is 0.889 bits per heavy atom. The predicted molar refractivity (Wildman–Crippen MR) is 110 cm³/mol. The highest BCUT2D eigenvalue weighted by atomic mass is 16.2. The van der Waals surface area contributed by atoms with E-state index in [1.807, 2.05) is 56.3 Å². The third-order valence-corrected chi connectivity index (χ3v) is 5.37. The summed E-state index contributed by atoms with van der Waals surface area (Å²) in [4.78, 5) is 25.8. The molecule has 0 atom stereocenters. The molecule has 0 unspecified atom stereocenters. The second kappa shape index (κ2) is 6.84. The molecule has 0 aliphatic heterocycles. The summed E-state index contributed by atoms with van der Waals surface area (Å²) < 4.78 is 0. The van der Waals surface area contributed by atoms with Crippen molar-refractivity contribution in [1.82, 2.24) is 0 Å². The molecule has 0 heterocycles. The molecule has 2 amide bonds. The van der Waals surface area contributed by atoms with Gasteiger partial charge in [-0.15, -0.1) is 0 Å². The Morgan fingerprint density at radius 2 is 1.52 bits per heavy atom. The first kappa shape index (κ1) is 19.2. The van der Waals surface area contributed by atoms with Crippen LogP contribution in [0.3, 0.4) is 0 Å². The van der Waals surface area contributed by atoms with Crippen LogP contribution in [-0.2, 0) is 15.0 Å². The molecule has 1 aliphatic rings. The molecule has 1 fully saturated rings. The third-order valence-electron chi connectivity index (χ3n) is 5.37. The lowest BCUT2D eigenvalue weighted by Crippen LogP contribution is -2.36. The molecule has 2 aromatic rings. The van der Waals surface area contributed by atoms with Crippen molar-refractivity contribution in [2.24, 2.45) is 5.41 Å². The number of aryl methyl sites for hydroxylation is 2. The highest BCUT2D eigenvalue weighted by Crippen LogP contribution is 2.48. The SMILES string of the molecule is Cc1ccc(NC(=O)C2(C(=O)Nc3ccccc3C(C)(C)C)CC2)cc1C. The maximum absolute atomic E-state index is 13.0. The third kappa shape index (κ3) is 3.90. The molecule has 0 radical (unpaired) electrons. The van der Waals surface area contributed by atoms with Crippen molar-refractivity contribution in [1.29, 1.82) is 0 Å². The standard InChI is InChI=1S/C23H28N2O2/c1-15-10-11-17(14-16(15)2)24-20(26)23(12-13-23)21(27)25-19-9-7-6-8-18(19)22(3,4)5/h6-11,14H,12-13H2,1-5H3,(H,24,26)(H,25,27). The summed E-state index contributed by atoms with van der Waals surface area (Å²) in [6, 6.07) is 13.6. The molecule has 3 rings (SSSR count). The van der Waals surface area contributed by atoms with Crippen LogP contribution in [0.25, 0.3) is 0 Å². The summed E-state index contributed by atoms with van der Waals surface area (Å²) in [7, 11) is 0. The van der Waals surface area contributed by atoms with Gasteiger partial charge >= 0.3 is 0 Å². The number of hydrogen-bond acceptors (Lipinski definition) is 2. The zero-order chi connectivity index (χ0) is 19.8. The van der Waals surface area contributed by atoms with Gasteiger partial charge in [0.15, 0.2) is 0 Å². The summed E-state index contributed by atoms with van der Waals surface area (Å²) in [5.41, 5.74) is 3.79. The number of benzene rings is 2. The van der Waals surface area contributed by atoms with Crippen molar-refractivity contribution in [3.8, 4) is 0 Å². The van der Waals surface area contributed by atoms with Crippen LogP contribution < -0.4 is 10.6 Å². The largest absolute Gasteiger partial charge is 0.325 e. The Kier molecular flexibility index (Phi) is 4.85. The number of carbonyl (C=O) groups excluding carboxylic acids is 2. The molecule has 0 saturated heterocycles. The average Bonchev–Trinajstić information content (AvgIpc) is 3.40. The fourth-order valence-electron chi connectivity index (χ4n) is 3.24. The van der Waals surface area contributed by atoms with Crippen LogP contribution in [0.5, 0.6) is 0 Å². The van der Waals surface area contributed by atoms with Gasteiger partial charge in [0, 0.05) is 11.4 Å². The second-order valence-corrected chi connectivity index (χ2v) is 8.58. The van der Waals surface area contributed by atoms with E-state index in [2.05, 4.69) is 31.4 Å². The van der Waals surface area contributed by atoms with E-state index >= 15 is 0 Å². The van der Waals surface area contributed by atoms with Crippen LogP contribution in [-0.4, -0.2) is 11.8 Å². The summed E-state index contributed by atoms with van der Waals surface area (Å²) in [5, 5.41) is 5.93. The number of anilines is 2. The lowest BCUT2D eigenvalue weighted by atomic mass is 9.85. The van der Waals surface area contributed by atoms with Gasteiger partial charge < -0.3 is 10.6 Å². The van der Waals surface area contributed by atoms with Crippen molar-refractivity contribution < 1.29 is 9.59 Å². The van der Waals surface area contributed by atoms with Gasteiger partial charge in [-0.25, -0.2) is 0 Å². The fourth-order valence-corrected chi connectivity index (χ4v) is 3.24. The minimum absolute atomic E-state index is 0.0950. The molecule has 4 nitrogen and oxygen atoms in total. The van der Waals surface area contributed by atoms with E-state index in [4.69, 9.17) is 0 Å². The predicted octanol–water partition coefficient (Wildman–Crippen LogP) is 4.96. The van der Waals surface area contributed by atoms with E-state index in [0.717, 1.165) is 22.5 Å². The number of carbonyl (C=O) groups is 2. The molecule has 1 aliphatic carbocycles. The number of amides is 2. The Morgan fingerprint density at radius 3 is 2.11 bits per heavy atom. The van der Waals surface area contributed by atoms with Gasteiger partial charge in [-0.3, -0.25) is 9.59 Å². The number of hydrogen-bond donors (Lipinski definition) is 2. The number of nitrogens with one attached hydrogen (secondary N) is 2.